The van der Waals surface area contributed by atoms with Crippen LogP contribution < -0.4 is 4.74 Å². The van der Waals surface area contributed by atoms with E-state index in [-0.39, 0.29) is 0 Å². The summed E-state index contributed by atoms with van der Waals surface area (Å²) in [6.45, 7) is 8.14. The number of aromatic nitrogens is 4. The molecule has 3 aromatic rings. The number of nitrogens with zero attached hydrogens (tertiary/aromatic N) is 4. The number of aromatic amines is 1. The number of hydrogen-bond donors (Lipinski definition) is 1. The Morgan fingerprint density at radius 1 is 1.16 bits per heavy atom. The molecule has 3 rings (SSSR count). The Morgan fingerprint density at radius 2 is 1.88 bits per heavy atom. The first-order valence-electron chi connectivity index (χ1n) is 8.77. The Morgan fingerprint density at radius 3 is 2.52 bits per heavy atom. The number of likely N-dealkylation sites (N-methyl/N-ethyl adjacent to an activating group) is 1. The molecule has 0 fully saturated rings. The molecule has 0 aliphatic carbocycles. The normalized spacial score (nSPS) is 13.1. The second kappa shape index (κ2) is 7.27. The highest BCUT2D eigenvalue weighted by molar-refractivity contribution is 5.76. The predicted molar refractivity (Wildman–Crippen MR) is 101 cm³/mol. The van der Waals surface area contributed by atoms with Crippen LogP contribution in [0.5, 0.6) is 5.75 Å². The van der Waals surface area contributed by atoms with E-state index in [0.29, 0.717) is 18.6 Å². The van der Waals surface area contributed by atoms with Gasteiger partial charge in [0.2, 0.25) is 0 Å². The molecule has 1 unspecified atom stereocenters. The number of rotatable bonds is 7. The van der Waals surface area contributed by atoms with Gasteiger partial charge in [0.25, 0.3) is 0 Å². The van der Waals surface area contributed by atoms with Crippen molar-refractivity contribution in [2.45, 2.75) is 26.8 Å². The van der Waals surface area contributed by atoms with E-state index in [1.165, 1.54) is 0 Å². The van der Waals surface area contributed by atoms with Gasteiger partial charge in [-0.15, -0.1) is 0 Å². The van der Waals surface area contributed by atoms with Crippen molar-refractivity contribution in [3.8, 4) is 17.1 Å². The largest absolute Gasteiger partial charge is 0.492 e. The number of fused-ring (bicyclic) bond motifs is 1. The van der Waals surface area contributed by atoms with Crippen molar-refractivity contribution in [3.63, 3.8) is 0 Å². The minimum atomic E-state index is 0.307. The van der Waals surface area contributed by atoms with E-state index in [4.69, 9.17) is 9.72 Å². The van der Waals surface area contributed by atoms with Gasteiger partial charge in [-0.05, 0) is 51.2 Å². The summed E-state index contributed by atoms with van der Waals surface area (Å²) in [6.07, 6.45) is 1.85. The summed E-state index contributed by atoms with van der Waals surface area (Å²) in [5.74, 6) is 2.24. The van der Waals surface area contributed by atoms with Crippen LogP contribution in [0.4, 0.5) is 0 Å². The maximum atomic E-state index is 5.74. The van der Waals surface area contributed by atoms with Gasteiger partial charge in [-0.3, -0.25) is 0 Å². The van der Waals surface area contributed by atoms with Crippen molar-refractivity contribution < 1.29 is 4.74 Å². The van der Waals surface area contributed by atoms with Crippen LogP contribution in [0.3, 0.4) is 0 Å². The van der Waals surface area contributed by atoms with Crippen molar-refractivity contribution >= 4 is 11.2 Å². The van der Waals surface area contributed by atoms with Gasteiger partial charge in [0.05, 0.1) is 12.2 Å². The third-order valence-corrected chi connectivity index (χ3v) is 4.53. The van der Waals surface area contributed by atoms with Crippen LogP contribution in [-0.2, 0) is 0 Å². The van der Waals surface area contributed by atoms with Crippen LogP contribution in [0, 0.1) is 5.92 Å². The van der Waals surface area contributed by atoms with Crippen molar-refractivity contribution in [3.05, 3.63) is 30.5 Å². The van der Waals surface area contributed by atoms with Gasteiger partial charge >= 0.3 is 0 Å². The molecule has 134 valence electrons. The molecular weight excluding hydrogens is 314 g/mol. The first-order valence-corrected chi connectivity index (χ1v) is 8.77. The van der Waals surface area contributed by atoms with Gasteiger partial charge < -0.3 is 14.6 Å². The van der Waals surface area contributed by atoms with Crippen LogP contribution in [0.2, 0.25) is 0 Å². The number of ether oxygens (including phenoxy) is 1. The molecule has 2 aromatic heterocycles. The van der Waals surface area contributed by atoms with E-state index in [2.05, 4.69) is 35.8 Å². The molecule has 0 saturated carbocycles. The summed E-state index contributed by atoms with van der Waals surface area (Å²) in [5.41, 5.74) is 2.91. The van der Waals surface area contributed by atoms with E-state index in [0.717, 1.165) is 34.8 Å². The first kappa shape index (κ1) is 17.5. The van der Waals surface area contributed by atoms with Gasteiger partial charge in [-0.25, -0.2) is 9.67 Å². The smallest absolute Gasteiger partial charge is 0.177 e. The summed E-state index contributed by atoms with van der Waals surface area (Å²) in [7, 11) is 4.07. The fourth-order valence-corrected chi connectivity index (χ4v) is 2.59. The van der Waals surface area contributed by atoms with E-state index in [1.807, 2.05) is 49.2 Å². The zero-order valence-electron chi connectivity index (χ0n) is 15.7. The van der Waals surface area contributed by atoms with Crippen LogP contribution in [0.1, 0.15) is 26.8 Å². The van der Waals surface area contributed by atoms with E-state index in [1.54, 1.807) is 0 Å². The molecule has 0 spiro atoms. The van der Waals surface area contributed by atoms with Gasteiger partial charge in [0.15, 0.2) is 5.65 Å². The summed E-state index contributed by atoms with van der Waals surface area (Å²) in [6, 6.07) is 8.35. The molecule has 1 aromatic carbocycles. The fourth-order valence-electron chi connectivity index (χ4n) is 2.59. The van der Waals surface area contributed by atoms with Gasteiger partial charge in [-0.1, -0.05) is 13.8 Å². The first-order chi connectivity index (χ1) is 12.0. The van der Waals surface area contributed by atoms with Crippen LogP contribution in [0.15, 0.2) is 30.5 Å². The summed E-state index contributed by atoms with van der Waals surface area (Å²) >= 11 is 0. The lowest BCUT2D eigenvalue weighted by molar-refractivity contribution is 0.261. The van der Waals surface area contributed by atoms with Crippen molar-refractivity contribution in [1.82, 2.24) is 24.6 Å². The van der Waals surface area contributed by atoms with Crippen molar-refractivity contribution in [2.75, 3.05) is 27.2 Å². The highest BCUT2D eigenvalue weighted by Crippen LogP contribution is 2.26. The van der Waals surface area contributed by atoms with E-state index < -0.39 is 0 Å². The molecule has 2 heterocycles. The van der Waals surface area contributed by atoms with Crippen molar-refractivity contribution in [1.29, 1.82) is 0 Å². The third-order valence-electron chi connectivity index (χ3n) is 4.53. The summed E-state index contributed by atoms with van der Waals surface area (Å²) < 4.78 is 7.74. The molecule has 1 N–H and O–H groups in total. The molecule has 0 aliphatic rings. The predicted octanol–water partition coefficient (Wildman–Crippen LogP) is 3.58. The van der Waals surface area contributed by atoms with Gasteiger partial charge in [-0.2, -0.15) is 5.10 Å². The molecule has 6 nitrogen and oxygen atoms in total. The highest BCUT2D eigenvalue weighted by Gasteiger charge is 2.17. The second-order valence-electron chi connectivity index (χ2n) is 7.07. The van der Waals surface area contributed by atoms with Crippen LogP contribution in [0.25, 0.3) is 22.6 Å². The number of benzene rings is 1. The summed E-state index contributed by atoms with van der Waals surface area (Å²) in [5, 5.41) is 4.47. The van der Waals surface area contributed by atoms with E-state index in [9.17, 15) is 0 Å². The zero-order chi connectivity index (χ0) is 18.0. The molecule has 0 saturated heterocycles. The van der Waals surface area contributed by atoms with Crippen LogP contribution >= 0.6 is 0 Å². The molecule has 0 amide bonds. The minimum Gasteiger partial charge on any atom is -0.492 e. The average Bonchev–Trinajstić information content (AvgIpc) is 3.15. The monoisotopic (exact) mass is 341 g/mol. The molecule has 0 bridgehead atoms. The molecular formula is C19H27N5O. The maximum Gasteiger partial charge on any atom is 0.177 e. The van der Waals surface area contributed by atoms with E-state index >= 15 is 0 Å². The number of hydrogen-bond acceptors (Lipinski definition) is 4. The topological polar surface area (TPSA) is 59.0 Å². The minimum absolute atomic E-state index is 0.307. The molecule has 0 aliphatic heterocycles. The number of nitrogens with one attached hydrogen (secondary N) is 1. The third kappa shape index (κ3) is 3.85. The standard InChI is InChI=1S/C19H27N5O/c1-13(2)14(3)24-19-17(12-20-24)21-18(22-19)15-6-8-16(9-7-15)25-11-10-23(4)5/h6-9,12-14H,10-11H2,1-5H3,(H,21,22). The second-order valence-corrected chi connectivity index (χ2v) is 7.07. The van der Waals surface area contributed by atoms with Crippen LogP contribution in [-0.4, -0.2) is 51.9 Å². The molecule has 1 atom stereocenters. The van der Waals surface area contributed by atoms with Crippen molar-refractivity contribution in [2.24, 2.45) is 5.92 Å². The quantitative estimate of drug-likeness (QED) is 0.713. The molecule has 0 radical (unpaired) electrons. The Hall–Kier alpha value is -2.34. The zero-order valence-corrected chi connectivity index (χ0v) is 15.7. The lowest BCUT2D eigenvalue weighted by atomic mass is 10.1. The average molecular weight is 341 g/mol. The molecule has 25 heavy (non-hydrogen) atoms. The lowest BCUT2D eigenvalue weighted by Gasteiger charge is -2.15. The number of H-pyrrole nitrogens is 1. The number of imidazole rings is 1. The highest BCUT2D eigenvalue weighted by atomic mass is 16.5. The Kier molecular flexibility index (Phi) is 5.08. The lowest BCUT2D eigenvalue weighted by Crippen LogP contribution is -2.19. The molecule has 6 heteroatoms. The van der Waals surface area contributed by atoms with Gasteiger partial charge in [0, 0.05) is 12.1 Å². The SMILES string of the molecule is CC(C)C(C)n1ncc2[nH]c(-c3ccc(OCCN(C)C)cc3)nc21. The summed E-state index contributed by atoms with van der Waals surface area (Å²) in [4.78, 5) is 10.2. The fraction of sp³-hybridized carbons (Fsp3) is 0.474. The Balaban J connectivity index is 1.77. The Bertz CT molecular complexity index is 816. The van der Waals surface area contributed by atoms with Gasteiger partial charge in [0.1, 0.15) is 23.7 Å². The maximum absolute atomic E-state index is 5.74. The Labute approximate surface area is 148 Å².